The summed E-state index contributed by atoms with van der Waals surface area (Å²) in [6, 6.07) is 4.00. The van der Waals surface area contributed by atoms with Crippen LogP contribution < -0.4 is 0 Å². The first-order chi connectivity index (χ1) is 11.0. The fourth-order valence-electron chi connectivity index (χ4n) is 2.94. The summed E-state index contributed by atoms with van der Waals surface area (Å²) in [4.78, 5) is 18.9. The number of H-pyrrole nitrogens is 1. The van der Waals surface area contributed by atoms with E-state index < -0.39 is 5.82 Å². The van der Waals surface area contributed by atoms with Crippen LogP contribution >= 0.6 is 11.6 Å². The highest BCUT2D eigenvalue weighted by atomic mass is 35.5. The quantitative estimate of drug-likeness (QED) is 0.936. The van der Waals surface area contributed by atoms with Crippen LogP contribution in [-0.4, -0.2) is 32.5 Å². The molecular weight excluding hydrogens is 319 g/mol. The number of likely N-dealkylation sites (tertiary alicyclic amines) is 1. The summed E-state index contributed by atoms with van der Waals surface area (Å²) in [5, 5.41) is 7.31. The number of carbonyl (C=O) groups excluding carboxylic acids is 1. The molecular formula is C16H18ClFN4O. The molecule has 0 aliphatic carbocycles. The minimum absolute atomic E-state index is 0.0364. The average Bonchev–Trinajstić information content (AvgIpc) is 2.96. The van der Waals surface area contributed by atoms with Crippen LogP contribution in [-0.2, 0) is 11.2 Å². The Morgan fingerprint density at radius 1 is 1.48 bits per heavy atom. The molecule has 0 saturated carbocycles. The van der Waals surface area contributed by atoms with E-state index in [1.165, 1.54) is 12.1 Å². The number of nitrogens with zero attached hydrogens (tertiary/aromatic N) is 3. The molecule has 1 aliphatic heterocycles. The number of aryl methyl sites for hydroxylation is 1. The zero-order valence-corrected chi connectivity index (χ0v) is 13.6. The van der Waals surface area contributed by atoms with Gasteiger partial charge in [0, 0.05) is 11.6 Å². The van der Waals surface area contributed by atoms with Gasteiger partial charge in [-0.15, -0.1) is 0 Å². The summed E-state index contributed by atoms with van der Waals surface area (Å²) in [6.45, 7) is 2.51. The van der Waals surface area contributed by atoms with Gasteiger partial charge in [0.1, 0.15) is 11.6 Å². The van der Waals surface area contributed by atoms with Crippen molar-refractivity contribution >= 4 is 17.5 Å². The van der Waals surface area contributed by atoms with Gasteiger partial charge >= 0.3 is 0 Å². The van der Waals surface area contributed by atoms with E-state index >= 15 is 0 Å². The van der Waals surface area contributed by atoms with Crippen molar-refractivity contribution in [2.75, 3.05) is 6.54 Å². The number of halogens is 2. The molecule has 122 valence electrons. The van der Waals surface area contributed by atoms with Gasteiger partial charge < -0.3 is 4.90 Å². The molecule has 0 unspecified atom stereocenters. The van der Waals surface area contributed by atoms with Crippen molar-refractivity contribution in [3.05, 3.63) is 46.3 Å². The van der Waals surface area contributed by atoms with Crippen LogP contribution in [0, 0.1) is 12.7 Å². The molecule has 0 radical (unpaired) electrons. The van der Waals surface area contributed by atoms with Gasteiger partial charge in [0.15, 0.2) is 5.82 Å². The smallest absolute Gasteiger partial charge is 0.227 e. The summed E-state index contributed by atoms with van der Waals surface area (Å²) in [7, 11) is 0. The Balaban J connectivity index is 1.78. The molecule has 1 aliphatic rings. The lowest BCUT2D eigenvalue weighted by molar-refractivity contribution is -0.134. The topological polar surface area (TPSA) is 61.9 Å². The van der Waals surface area contributed by atoms with Crippen molar-refractivity contribution in [3.63, 3.8) is 0 Å². The largest absolute Gasteiger partial charge is 0.332 e. The van der Waals surface area contributed by atoms with Gasteiger partial charge in [-0.2, -0.15) is 5.10 Å². The van der Waals surface area contributed by atoms with Gasteiger partial charge in [-0.1, -0.05) is 17.7 Å². The highest BCUT2D eigenvalue weighted by molar-refractivity contribution is 6.31. The van der Waals surface area contributed by atoms with Gasteiger partial charge in [-0.25, -0.2) is 9.37 Å². The Labute approximate surface area is 138 Å². The fraction of sp³-hybridized carbons (Fsp3) is 0.438. The third-order valence-corrected chi connectivity index (χ3v) is 4.44. The molecule has 1 amide bonds. The van der Waals surface area contributed by atoms with Crippen LogP contribution in [0.4, 0.5) is 4.39 Å². The number of piperidine rings is 1. The van der Waals surface area contributed by atoms with Crippen LogP contribution in [0.3, 0.4) is 0 Å². The molecule has 1 fully saturated rings. The van der Waals surface area contributed by atoms with Gasteiger partial charge in [0.25, 0.3) is 0 Å². The molecule has 7 heteroatoms. The fourth-order valence-corrected chi connectivity index (χ4v) is 3.17. The molecule has 0 bridgehead atoms. The standard InChI is InChI=1S/C16H18ClFN4O/c1-10-19-16(21-20-10)14-4-2-3-7-22(14)15(23)8-11-5-6-12(18)9-13(11)17/h5-6,9,14H,2-4,7-8H2,1H3,(H,19,20,21)/t14-/m0/s1. The highest BCUT2D eigenvalue weighted by Gasteiger charge is 2.30. The third-order valence-electron chi connectivity index (χ3n) is 4.09. The normalized spacial score (nSPS) is 18.2. The minimum Gasteiger partial charge on any atom is -0.332 e. The molecule has 2 aromatic rings. The SMILES string of the molecule is Cc1nc([C@@H]2CCCCN2C(=O)Cc2ccc(F)cc2Cl)n[nH]1. The second kappa shape index (κ2) is 6.66. The molecule has 3 rings (SSSR count). The summed E-state index contributed by atoms with van der Waals surface area (Å²) in [5.74, 6) is 0.948. The van der Waals surface area contributed by atoms with Gasteiger partial charge in [-0.3, -0.25) is 9.89 Å². The number of carbonyl (C=O) groups is 1. The lowest BCUT2D eigenvalue weighted by Gasteiger charge is -2.34. The number of benzene rings is 1. The lowest BCUT2D eigenvalue weighted by Crippen LogP contribution is -2.39. The Bertz CT molecular complexity index is 718. The van der Waals surface area contributed by atoms with Gasteiger partial charge in [0.05, 0.1) is 12.5 Å². The molecule has 0 spiro atoms. The first-order valence-electron chi connectivity index (χ1n) is 7.67. The zero-order chi connectivity index (χ0) is 16.4. The second-order valence-electron chi connectivity index (χ2n) is 5.79. The lowest BCUT2D eigenvalue weighted by atomic mass is 10.00. The maximum Gasteiger partial charge on any atom is 0.227 e. The van der Waals surface area contributed by atoms with Crippen molar-refractivity contribution in [2.45, 2.75) is 38.6 Å². The number of hydrogen-bond acceptors (Lipinski definition) is 3. The molecule has 1 N–H and O–H groups in total. The van der Waals surface area contributed by atoms with Crippen LogP contribution in [0.2, 0.25) is 5.02 Å². The summed E-state index contributed by atoms with van der Waals surface area (Å²) < 4.78 is 13.1. The second-order valence-corrected chi connectivity index (χ2v) is 6.20. The Hall–Kier alpha value is -1.95. The van der Waals surface area contributed by atoms with Crippen molar-refractivity contribution in [2.24, 2.45) is 0 Å². The van der Waals surface area contributed by atoms with Crippen LogP contribution in [0.5, 0.6) is 0 Å². The van der Waals surface area contributed by atoms with E-state index in [1.807, 2.05) is 11.8 Å². The van der Waals surface area contributed by atoms with E-state index in [4.69, 9.17) is 11.6 Å². The van der Waals surface area contributed by atoms with Crippen LogP contribution in [0.1, 0.15) is 42.5 Å². The van der Waals surface area contributed by atoms with Gasteiger partial charge in [-0.05, 0) is 43.9 Å². The van der Waals surface area contributed by atoms with Gasteiger partial charge in [0.2, 0.25) is 5.91 Å². The van der Waals surface area contributed by atoms with E-state index in [0.29, 0.717) is 17.9 Å². The van der Waals surface area contributed by atoms with Crippen molar-refractivity contribution in [1.29, 1.82) is 0 Å². The minimum atomic E-state index is -0.404. The maximum atomic E-state index is 13.1. The maximum absolute atomic E-state index is 13.1. The first kappa shape index (κ1) is 15.9. The Kier molecular flexibility index (Phi) is 4.61. The summed E-state index contributed by atoms with van der Waals surface area (Å²) in [6.07, 6.45) is 3.00. The number of aromatic nitrogens is 3. The molecule has 23 heavy (non-hydrogen) atoms. The molecule has 1 aromatic carbocycles. The Morgan fingerprint density at radius 3 is 3.00 bits per heavy atom. The number of aromatic amines is 1. The van der Waals surface area contributed by atoms with E-state index in [1.54, 1.807) is 6.07 Å². The monoisotopic (exact) mass is 336 g/mol. The van der Waals surface area contributed by atoms with E-state index in [2.05, 4.69) is 15.2 Å². The van der Waals surface area contributed by atoms with E-state index in [9.17, 15) is 9.18 Å². The summed E-state index contributed by atoms with van der Waals surface area (Å²) >= 11 is 6.03. The number of amides is 1. The van der Waals surface area contributed by atoms with Crippen LogP contribution in [0.15, 0.2) is 18.2 Å². The molecule has 5 nitrogen and oxygen atoms in total. The number of nitrogens with one attached hydrogen (secondary N) is 1. The molecule has 2 heterocycles. The molecule has 1 saturated heterocycles. The van der Waals surface area contributed by atoms with Crippen molar-refractivity contribution in [1.82, 2.24) is 20.1 Å². The first-order valence-corrected chi connectivity index (χ1v) is 8.04. The van der Waals surface area contributed by atoms with Crippen LogP contribution in [0.25, 0.3) is 0 Å². The molecule has 1 aromatic heterocycles. The number of rotatable bonds is 3. The zero-order valence-electron chi connectivity index (χ0n) is 12.9. The van der Waals surface area contributed by atoms with E-state index in [0.717, 1.165) is 25.1 Å². The van der Waals surface area contributed by atoms with Crippen molar-refractivity contribution in [3.8, 4) is 0 Å². The molecule has 1 atom stereocenters. The Morgan fingerprint density at radius 2 is 2.30 bits per heavy atom. The van der Waals surface area contributed by atoms with E-state index in [-0.39, 0.29) is 23.4 Å². The number of hydrogen-bond donors (Lipinski definition) is 1. The highest BCUT2D eigenvalue weighted by Crippen LogP contribution is 2.30. The summed E-state index contributed by atoms with van der Waals surface area (Å²) in [5.41, 5.74) is 0.633. The average molecular weight is 337 g/mol. The predicted molar refractivity (Wildman–Crippen MR) is 84.5 cm³/mol. The predicted octanol–water partition coefficient (Wildman–Crippen LogP) is 3.20. The third kappa shape index (κ3) is 3.52. The van der Waals surface area contributed by atoms with Crippen molar-refractivity contribution < 1.29 is 9.18 Å².